The Morgan fingerprint density at radius 2 is 0.647 bits per heavy atom. The van der Waals surface area contributed by atoms with E-state index in [-0.39, 0.29) is 0 Å². The highest BCUT2D eigenvalue weighted by molar-refractivity contribution is 5.68. The normalized spacial score (nSPS) is 9.88. The second-order valence-corrected chi connectivity index (χ2v) is 8.54. The van der Waals surface area contributed by atoms with E-state index in [1.165, 1.54) is 33.6 Å². The quantitative estimate of drug-likeness (QED) is 0.332. The molecular weight excluding hydrogens is 412 g/mol. The van der Waals surface area contributed by atoms with E-state index in [2.05, 4.69) is 106 Å². The van der Waals surface area contributed by atoms with Gasteiger partial charge in [0.05, 0.1) is 0 Å². The molecule has 0 aliphatic carbocycles. The molecule has 0 amide bonds. The summed E-state index contributed by atoms with van der Waals surface area (Å²) >= 11 is 0. The second kappa shape index (κ2) is 10.5. The Hall–Kier alpha value is -4.40. The molecule has 0 unspecified atom stereocenters. The van der Waals surface area contributed by atoms with Crippen LogP contribution in [0.4, 0.5) is 11.4 Å². The molecule has 0 aliphatic heterocycles. The van der Waals surface area contributed by atoms with Crippen LogP contribution in [0.25, 0.3) is 22.3 Å². The number of nitrogens with zero attached hydrogens (tertiary/aromatic N) is 2. The Morgan fingerprint density at radius 3 is 0.912 bits per heavy atom. The van der Waals surface area contributed by atoms with Gasteiger partial charge in [-0.25, -0.2) is 0 Å². The van der Waals surface area contributed by atoms with Crippen LogP contribution in [0.1, 0.15) is 11.1 Å². The molecule has 2 nitrogen and oxygen atoms in total. The minimum absolute atomic E-state index is 0.958. The fourth-order valence-electron chi connectivity index (χ4n) is 3.60. The summed E-state index contributed by atoms with van der Waals surface area (Å²) in [5.74, 6) is 12.2. The first-order valence-electron chi connectivity index (χ1n) is 11.3. The fraction of sp³-hybridized carbons (Fsp3) is 0.125. The standard InChI is InChI=1S/C32H28N2/c1-33(2)31-21-17-29(18-22-31)27-13-9-25(10-14-27)7-5-6-8-26-11-15-28(16-12-26)30-19-23-32(24-20-30)34(3)4/h9-24H,1-4H3. The molecule has 4 aromatic rings. The van der Waals surface area contributed by atoms with E-state index in [0.717, 1.165) is 11.1 Å². The van der Waals surface area contributed by atoms with Crippen LogP contribution in [0.5, 0.6) is 0 Å². The van der Waals surface area contributed by atoms with E-state index >= 15 is 0 Å². The molecule has 0 fully saturated rings. The molecule has 0 saturated carbocycles. The van der Waals surface area contributed by atoms with Gasteiger partial charge in [0.25, 0.3) is 0 Å². The van der Waals surface area contributed by atoms with Gasteiger partial charge in [0.15, 0.2) is 0 Å². The first kappa shape index (κ1) is 22.8. The van der Waals surface area contributed by atoms with Crippen LogP contribution >= 0.6 is 0 Å². The third kappa shape index (κ3) is 5.69. The van der Waals surface area contributed by atoms with Crippen molar-refractivity contribution in [2.24, 2.45) is 0 Å². The average Bonchev–Trinajstić information content (AvgIpc) is 2.87. The molecule has 0 saturated heterocycles. The molecule has 0 radical (unpaired) electrons. The highest BCUT2D eigenvalue weighted by Gasteiger charge is 2.00. The summed E-state index contributed by atoms with van der Waals surface area (Å²) in [6.45, 7) is 0. The zero-order valence-electron chi connectivity index (χ0n) is 20.1. The topological polar surface area (TPSA) is 6.48 Å². The summed E-state index contributed by atoms with van der Waals surface area (Å²) in [5, 5.41) is 0. The van der Waals surface area contributed by atoms with Crippen LogP contribution in [0.15, 0.2) is 97.1 Å². The van der Waals surface area contributed by atoms with Crippen molar-refractivity contribution < 1.29 is 0 Å². The van der Waals surface area contributed by atoms with Gasteiger partial charge in [-0.05, 0) is 82.6 Å². The summed E-state index contributed by atoms with van der Waals surface area (Å²) in [6, 6.07) is 33.7. The van der Waals surface area contributed by atoms with Crippen LogP contribution in [-0.2, 0) is 0 Å². The van der Waals surface area contributed by atoms with Crippen LogP contribution in [0.3, 0.4) is 0 Å². The Kier molecular flexibility index (Phi) is 7.02. The largest absolute Gasteiger partial charge is 0.378 e. The van der Waals surface area contributed by atoms with Gasteiger partial charge in [-0.3, -0.25) is 0 Å². The van der Waals surface area contributed by atoms with Gasteiger partial charge in [0.2, 0.25) is 0 Å². The van der Waals surface area contributed by atoms with Crippen molar-refractivity contribution in [1.29, 1.82) is 0 Å². The molecule has 0 aromatic heterocycles. The number of benzene rings is 4. The number of anilines is 2. The number of hydrogen-bond donors (Lipinski definition) is 0. The van der Waals surface area contributed by atoms with Crippen molar-refractivity contribution in [3.63, 3.8) is 0 Å². The van der Waals surface area contributed by atoms with Crippen LogP contribution in [0, 0.1) is 23.7 Å². The van der Waals surface area contributed by atoms with Gasteiger partial charge in [0.1, 0.15) is 0 Å². The fourth-order valence-corrected chi connectivity index (χ4v) is 3.60. The first-order valence-corrected chi connectivity index (χ1v) is 11.3. The molecule has 0 N–H and O–H groups in total. The van der Waals surface area contributed by atoms with E-state index < -0.39 is 0 Å². The highest BCUT2D eigenvalue weighted by Crippen LogP contribution is 2.24. The lowest BCUT2D eigenvalue weighted by molar-refractivity contribution is 1.13. The minimum atomic E-state index is 0.958. The zero-order chi connectivity index (χ0) is 23.9. The zero-order valence-corrected chi connectivity index (χ0v) is 20.1. The van der Waals surface area contributed by atoms with Gasteiger partial charge < -0.3 is 9.80 Å². The van der Waals surface area contributed by atoms with Crippen LogP contribution in [-0.4, -0.2) is 28.2 Å². The van der Waals surface area contributed by atoms with Gasteiger partial charge in [-0.1, -0.05) is 60.4 Å². The predicted molar refractivity (Wildman–Crippen MR) is 146 cm³/mol. The average molecular weight is 441 g/mol. The minimum Gasteiger partial charge on any atom is -0.378 e. The van der Waals surface area contributed by atoms with Crippen molar-refractivity contribution >= 4 is 11.4 Å². The lowest BCUT2D eigenvalue weighted by Gasteiger charge is -2.12. The SMILES string of the molecule is CN(C)c1ccc(-c2ccc(C#CC#Cc3ccc(-c4ccc(N(C)C)cc4)cc3)cc2)cc1. The highest BCUT2D eigenvalue weighted by atomic mass is 15.1. The molecule has 2 heteroatoms. The molecule has 4 aromatic carbocycles. The van der Waals surface area contributed by atoms with Crippen molar-refractivity contribution in [3.05, 3.63) is 108 Å². The lowest BCUT2D eigenvalue weighted by atomic mass is 10.0. The molecule has 0 heterocycles. The van der Waals surface area contributed by atoms with E-state index in [1.807, 2.05) is 52.5 Å². The molecule has 0 spiro atoms. The number of hydrogen-bond acceptors (Lipinski definition) is 2. The van der Waals surface area contributed by atoms with Gasteiger partial charge in [-0.2, -0.15) is 0 Å². The maximum atomic E-state index is 3.13. The second-order valence-electron chi connectivity index (χ2n) is 8.54. The summed E-state index contributed by atoms with van der Waals surface area (Å²) in [6.07, 6.45) is 0. The molecule has 4 rings (SSSR count). The third-order valence-corrected chi connectivity index (χ3v) is 5.68. The van der Waals surface area contributed by atoms with E-state index in [0.29, 0.717) is 0 Å². The third-order valence-electron chi connectivity index (χ3n) is 5.68. The maximum Gasteiger partial charge on any atom is 0.0361 e. The molecule has 34 heavy (non-hydrogen) atoms. The number of rotatable bonds is 4. The lowest BCUT2D eigenvalue weighted by Crippen LogP contribution is -2.07. The van der Waals surface area contributed by atoms with E-state index in [9.17, 15) is 0 Å². The Morgan fingerprint density at radius 1 is 0.382 bits per heavy atom. The van der Waals surface area contributed by atoms with Crippen molar-refractivity contribution in [3.8, 4) is 45.9 Å². The van der Waals surface area contributed by atoms with Crippen molar-refractivity contribution in [1.82, 2.24) is 0 Å². The summed E-state index contributed by atoms with van der Waals surface area (Å²) in [7, 11) is 8.19. The molecule has 0 bridgehead atoms. The first-order chi connectivity index (χ1) is 16.5. The monoisotopic (exact) mass is 440 g/mol. The smallest absolute Gasteiger partial charge is 0.0361 e. The van der Waals surface area contributed by atoms with E-state index in [4.69, 9.17) is 0 Å². The molecule has 0 atom stereocenters. The molecule has 0 aliphatic rings. The summed E-state index contributed by atoms with van der Waals surface area (Å²) in [4.78, 5) is 4.20. The summed E-state index contributed by atoms with van der Waals surface area (Å²) < 4.78 is 0. The van der Waals surface area contributed by atoms with Gasteiger partial charge in [-0.15, -0.1) is 0 Å². The van der Waals surface area contributed by atoms with Gasteiger partial charge >= 0.3 is 0 Å². The Bertz CT molecular complexity index is 1240. The molecule has 166 valence electrons. The predicted octanol–water partition coefficient (Wildman–Crippen LogP) is 6.56. The van der Waals surface area contributed by atoms with Crippen molar-refractivity contribution in [2.75, 3.05) is 38.0 Å². The Balaban J connectivity index is 1.39. The van der Waals surface area contributed by atoms with Crippen LogP contribution in [0.2, 0.25) is 0 Å². The maximum absolute atomic E-state index is 3.13. The van der Waals surface area contributed by atoms with Crippen LogP contribution < -0.4 is 9.80 Å². The summed E-state index contributed by atoms with van der Waals surface area (Å²) in [5.41, 5.74) is 9.05. The van der Waals surface area contributed by atoms with E-state index in [1.54, 1.807) is 0 Å². The van der Waals surface area contributed by atoms with Crippen molar-refractivity contribution in [2.45, 2.75) is 0 Å². The van der Waals surface area contributed by atoms with Gasteiger partial charge in [0, 0.05) is 50.7 Å². The Labute approximate surface area is 203 Å². The molecular formula is C32H28N2.